The van der Waals surface area contributed by atoms with Gasteiger partial charge in [-0.2, -0.15) is 0 Å². The van der Waals surface area contributed by atoms with Gasteiger partial charge >= 0.3 is 0 Å². The van der Waals surface area contributed by atoms with E-state index in [4.69, 9.17) is 23.6 Å². The number of hydrogen-bond acceptors (Lipinski definition) is 6. The molecule has 146 valence electrons. The van der Waals surface area contributed by atoms with Gasteiger partial charge < -0.3 is 21.5 Å². The minimum Gasteiger partial charge on any atom is -0.387 e. The molecule has 0 radical (unpaired) electrons. The number of thiazole rings is 1. The van der Waals surface area contributed by atoms with Gasteiger partial charge in [0.05, 0.1) is 27.7 Å². The van der Waals surface area contributed by atoms with Crippen LogP contribution in [0.25, 0.3) is 0 Å². The number of carbonyl (C=O) groups excluding carboxylic acids is 1. The highest BCUT2D eigenvalue weighted by Gasteiger charge is 2.08. The number of aryl methyl sites for hydroxylation is 1. The van der Waals surface area contributed by atoms with Crippen molar-refractivity contribution in [2.24, 2.45) is 0 Å². The van der Waals surface area contributed by atoms with Crippen molar-refractivity contribution in [3.05, 3.63) is 76.7 Å². The molecule has 0 spiro atoms. The fourth-order valence-electron chi connectivity index (χ4n) is 1.94. The molecule has 0 saturated heterocycles. The van der Waals surface area contributed by atoms with Crippen LogP contribution in [0.4, 0.5) is 10.8 Å². The molecule has 0 bridgehead atoms. The molecule has 2 aromatic carbocycles. The van der Waals surface area contributed by atoms with Crippen LogP contribution in [0.5, 0.6) is 0 Å². The SMILES string of the molecule is [2H]c1sc(N)nc1C([2H])([2H])C(=O)Nc1ccc(C([2H])([2H])C([2H])([2H])NC[C@]([2H])(O)c2c([2H])c([2H])c([2H])c([2H])c2[2H])cc1. The first-order valence-corrected chi connectivity index (χ1v) is 8.67. The molecule has 6 nitrogen and oxygen atoms in total. The number of benzene rings is 2. The van der Waals surface area contributed by atoms with Crippen LogP contribution in [-0.2, 0) is 17.5 Å². The van der Waals surface area contributed by atoms with Gasteiger partial charge in [0, 0.05) is 25.8 Å². The standard InChI is InChI=1S/C21H24N4O2S/c22-21-25-18(14-28-21)12-20(27)24-17-8-6-15(7-9-17)10-11-23-13-19(26)16-4-2-1-3-5-16/h1-9,14,19,23,26H,10-13H2,(H2,22,25)(H,24,27)/t19-/m0/s1/i1D,2D,3D,4D,5D,10D2,11D2,12D2,14D,19D. The highest BCUT2D eigenvalue weighted by atomic mass is 32.1. The number of amides is 1. The molecule has 0 unspecified atom stereocenters. The summed E-state index contributed by atoms with van der Waals surface area (Å²) in [6, 6.07) is 0.513. The summed E-state index contributed by atoms with van der Waals surface area (Å²) in [5.74, 6) is -1.17. The molecule has 1 aromatic heterocycles. The van der Waals surface area contributed by atoms with Gasteiger partial charge in [-0.25, -0.2) is 4.98 Å². The number of nitrogens with two attached hydrogens (primary N) is 1. The molecule has 1 atom stereocenters. The van der Waals surface area contributed by atoms with Crippen LogP contribution in [0.1, 0.15) is 40.7 Å². The molecule has 3 rings (SSSR count). The van der Waals surface area contributed by atoms with Gasteiger partial charge in [0.15, 0.2) is 5.13 Å². The molecule has 0 aliphatic carbocycles. The molecular weight excluding hydrogens is 372 g/mol. The number of rotatable bonds is 9. The first kappa shape index (κ1) is 9.17. The van der Waals surface area contributed by atoms with Crippen molar-refractivity contribution in [2.75, 3.05) is 24.1 Å². The number of nitrogens with zero attached hydrogens (tertiary/aromatic N) is 1. The number of nitrogen functional groups attached to an aromatic ring is 1. The molecule has 0 saturated carbocycles. The van der Waals surface area contributed by atoms with E-state index in [0.29, 0.717) is 11.3 Å². The molecule has 0 aliphatic heterocycles. The second-order valence-corrected chi connectivity index (χ2v) is 6.04. The molecule has 28 heavy (non-hydrogen) atoms. The predicted octanol–water partition coefficient (Wildman–Crippen LogP) is 2.77. The quantitative estimate of drug-likeness (QED) is 0.435. The topological polar surface area (TPSA) is 100 Å². The highest BCUT2D eigenvalue weighted by molar-refractivity contribution is 7.13. The Bertz CT molecular complexity index is 1450. The Kier molecular flexibility index (Phi) is 3.27. The number of carbonyl (C=O) groups is 1. The predicted molar refractivity (Wildman–Crippen MR) is 113 cm³/mol. The molecule has 1 heterocycles. The maximum absolute atomic E-state index is 12.6. The summed E-state index contributed by atoms with van der Waals surface area (Å²) in [7, 11) is 0. The van der Waals surface area contributed by atoms with Gasteiger partial charge in [-0.1, -0.05) is 42.3 Å². The van der Waals surface area contributed by atoms with E-state index in [1.165, 1.54) is 12.1 Å². The maximum atomic E-state index is 12.6. The maximum Gasteiger partial charge on any atom is 0.230 e. The van der Waals surface area contributed by atoms with E-state index in [1.807, 2.05) is 0 Å². The summed E-state index contributed by atoms with van der Waals surface area (Å²) in [5.41, 5.74) is 3.96. The third kappa shape index (κ3) is 6.16. The largest absolute Gasteiger partial charge is 0.387 e. The van der Waals surface area contributed by atoms with Crippen molar-refractivity contribution in [3.63, 3.8) is 0 Å². The summed E-state index contributed by atoms with van der Waals surface area (Å²) in [4.78, 5) is 16.2. The van der Waals surface area contributed by atoms with Crippen LogP contribution in [0.3, 0.4) is 0 Å². The monoisotopic (exact) mass is 409 g/mol. The second-order valence-electron chi connectivity index (χ2n) is 5.21. The normalized spacial score (nSPS) is 21.2. The highest BCUT2D eigenvalue weighted by Crippen LogP contribution is 2.14. The Labute approximate surface area is 186 Å². The fraction of sp³-hybridized carbons (Fsp3) is 0.238. The lowest BCUT2D eigenvalue weighted by molar-refractivity contribution is -0.115. The van der Waals surface area contributed by atoms with Crippen molar-refractivity contribution >= 4 is 28.1 Å². The lowest BCUT2D eigenvalue weighted by atomic mass is 10.1. The van der Waals surface area contributed by atoms with Gasteiger partial charge in [-0.3, -0.25) is 4.79 Å². The zero-order chi connectivity index (χ0) is 31.3. The van der Waals surface area contributed by atoms with Crippen LogP contribution < -0.4 is 16.4 Å². The average Bonchev–Trinajstić information content (AvgIpc) is 3.23. The van der Waals surface area contributed by atoms with E-state index in [2.05, 4.69) is 15.6 Å². The second kappa shape index (κ2) is 9.98. The van der Waals surface area contributed by atoms with Gasteiger partial charge in [0.25, 0.3) is 0 Å². The fourth-order valence-corrected chi connectivity index (χ4v) is 2.38. The van der Waals surface area contributed by atoms with Crippen LogP contribution >= 0.6 is 11.3 Å². The van der Waals surface area contributed by atoms with Gasteiger partial charge in [0.2, 0.25) is 5.91 Å². The minimum absolute atomic E-state index is 0.0170. The Balaban J connectivity index is 1.78. The summed E-state index contributed by atoms with van der Waals surface area (Å²) in [6.07, 6.45) is -8.49. The molecule has 7 heteroatoms. The Hall–Kier alpha value is -2.74. The molecule has 3 aromatic rings. The van der Waals surface area contributed by atoms with Crippen molar-refractivity contribution in [1.82, 2.24) is 10.3 Å². The molecule has 0 aliphatic rings. The van der Waals surface area contributed by atoms with Crippen molar-refractivity contribution in [1.29, 1.82) is 0 Å². The van der Waals surface area contributed by atoms with Crippen LogP contribution in [0.15, 0.2) is 59.8 Å². The Morgan fingerprint density at radius 2 is 2.07 bits per heavy atom. The summed E-state index contributed by atoms with van der Waals surface area (Å²) >= 11 is 0.694. The van der Waals surface area contributed by atoms with Crippen molar-refractivity contribution in [3.8, 4) is 0 Å². The minimum atomic E-state index is -2.98. The number of aromatic nitrogens is 1. The van der Waals surface area contributed by atoms with Gasteiger partial charge in [-0.15, -0.1) is 11.3 Å². The first-order valence-electron chi connectivity index (χ1n) is 14.4. The van der Waals surface area contributed by atoms with Crippen LogP contribution in [-0.4, -0.2) is 29.0 Å². The van der Waals surface area contributed by atoms with Crippen LogP contribution in [0, 0.1) is 0 Å². The van der Waals surface area contributed by atoms with E-state index < -0.39 is 79.2 Å². The van der Waals surface area contributed by atoms with E-state index in [9.17, 15) is 9.90 Å². The lowest BCUT2D eigenvalue weighted by Crippen LogP contribution is -2.23. The number of hydrogen-bond donors (Lipinski definition) is 4. The molecule has 1 amide bonds. The summed E-state index contributed by atoms with van der Waals surface area (Å²) in [6.45, 7) is -4.04. The van der Waals surface area contributed by atoms with Crippen molar-refractivity contribution in [2.45, 2.75) is 18.8 Å². The van der Waals surface area contributed by atoms with E-state index >= 15 is 0 Å². The van der Waals surface area contributed by atoms with E-state index in [0.717, 1.165) is 12.1 Å². The van der Waals surface area contributed by atoms with Crippen molar-refractivity contribution < 1.29 is 27.7 Å². The average molecular weight is 410 g/mol. The zero-order valence-electron chi connectivity index (χ0n) is 27.3. The number of anilines is 2. The Morgan fingerprint density at radius 1 is 1.32 bits per heavy atom. The number of aliphatic hydroxyl groups is 1. The molecule has 5 N–H and O–H groups in total. The summed E-state index contributed by atoms with van der Waals surface area (Å²) in [5, 5.41) is 14.6. The van der Waals surface area contributed by atoms with Gasteiger partial charge in [0.1, 0.15) is 0 Å². The smallest absolute Gasteiger partial charge is 0.230 e. The first-order chi connectivity index (χ1) is 18.6. The third-order valence-corrected chi connectivity index (χ3v) is 3.78. The molecular formula is C21H24N4O2S. The van der Waals surface area contributed by atoms with E-state index in [-0.39, 0.29) is 21.7 Å². The van der Waals surface area contributed by atoms with E-state index in [1.54, 1.807) is 0 Å². The number of nitrogens with one attached hydrogen (secondary N) is 2. The Morgan fingerprint density at radius 3 is 2.75 bits per heavy atom. The molecule has 0 fully saturated rings. The summed E-state index contributed by atoms with van der Waals surface area (Å²) < 4.78 is 104. The lowest BCUT2D eigenvalue weighted by Gasteiger charge is -2.12. The van der Waals surface area contributed by atoms with Crippen LogP contribution in [0.2, 0.25) is 0 Å². The zero-order valence-corrected chi connectivity index (χ0v) is 15.1. The third-order valence-electron chi connectivity index (χ3n) is 3.19. The van der Waals surface area contributed by atoms with Gasteiger partial charge in [-0.05, 0) is 36.1 Å².